The van der Waals surface area contributed by atoms with Crippen molar-refractivity contribution in [2.24, 2.45) is 5.84 Å². The van der Waals surface area contributed by atoms with Gasteiger partial charge in [-0.2, -0.15) is 13.2 Å². The molecule has 0 aliphatic heterocycles. The fourth-order valence-corrected chi connectivity index (χ4v) is 3.96. The number of amides is 1. The Morgan fingerprint density at radius 3 is 2.42 bits per heavy atom. The highest BCUT2D eigenvalue weighted by Crippen LogP contribution is 2.33. The number of hydrazine groups is 1. The number of carbonyl (C=O) groups is 1. The lowest BCUT2D eigenvalue weighted by molar-refractivity contribution is -0.137. The van der Waals surface area contributed by atoms with Crippen LogP contribution in [0.4, 0.5) is 24.5 Å². The van der Waals surface area contributed by atoms with Gasteiger partial charge >= 0.3 is 6.18 Å². The molecule has 12 heteroatoms. The van der Waals surface area contributed by atoms with Crippen molar-refractivity contribution >= 4 is 22.9 Å². The first kappa shape index (κ1) is 30.4. The van der Waals surface area contributed by atoms with Gasteiger partial charge in [0.15, 0.2) is 0 Å². The van der Waals surface area contributed by atoms with Crippen molar-refractivity contribution in [3.63, 3.8) is 0 Å². The molecule has 1 aromatic heterocycles. The number of hydrogen-bond acceptors (Lipinski definition) is 7. The molecule has 0 bridgehead atoms. The van der Waals surface area contributed by atoms with Crippen molar-refractivity contribution in [2.75, 3.05) is 51.5 Å². The maximum atomic E-state index is 13.5. The van der Waals surface area contributed by atoms with E-state index in [4.69, 9.17) is 5.84 Å². The molecule has 1 amide bonds. The Morgan fingerprint density at radius 2 is 1.82 bits per heavy atom. The first-order valence-corrected chi connectivity index (χ1v) is 12.5. The van der Waals surface area contributed by atoms with Gasteiger partial charge in [-0.05, 0) is 63.8 Å². The number of halogens is 3. The van der Waals surface area contributed by atoms with Gasteiger partial charge in [-0.1, -0.05) is 23.9 Å². The van der Waals surface area contributed by atoms with Crippen LogP contribution in [-0.4, -0.2) is 72.1 Å². The lowest BCUT2D eigenvalue weighted by atomic mass is 10.1. The van der Waals surface area contributed by atoms with Crippen molar-refractivity contribution in [2.45, 2.75) is 20.0 Å². The standard InChI is InChI=1S/C28H35F3N8O/c1-8-22(19(3)38(7)32)24-17-39(35-34-24)26-16-21(11-9-18(26)2)33-27(40)23-15-20(28(29,30)31)10-12-25(23)37(6)14-13-36(4)5/h8-12,15-17H,1,13-14,32H2,2-7H3,(H,33,40)/b22-19+. The van der Waals surface area contributed by atoms with Crippen LogP contribution in [0.5, 0.6) is 0 Å². The summed E-state index contributed by atoms with van der Waals surface area (Å²) in [4.78, 5) is 17.1. The van der Waals surface area contributed by atoms with Crippen molar-refractivity contribution in [3.05, 3.63) is 83.3 Å². The molecule has 0 spiro atoms. The third kappa shape index (κ3) is 7.07. The summed E-state index contributed by atoms with van der Waals surface area (Å²) in [6.07, 6.45) is -1.24. The summed E-state index contributed by atoms with van der Waals surface area (Å²) in [5.41, 5.74) is 3.27. The fourth-order valence-electron chi connectivity index (χ4n) is 3.96. The Labute approximate surface area is 232 Å². The van der Waals surface area contributed by atoms with Crippen LogP contribution in [0, 0.1) is 6.92 Å². The molecule has 1 heterocycles. The molecule has 3 rings (SSSR count). The highest BCUT2D eigenvalue weighted by Gasteiger charge is 2.32. The molecule has 9 nitrogen and oxygen atoms in total. The van der Waals surface area contributed by atoms with Gasteiger partial charge in [0.1, 0.15) is 5.69 Å². The van der Waals surface area contributed by atoms with Crippen LogP contribution in [0.25, 0.3) is 11.3 Å². The van der Waals surface area contributed by atoms with Crippen LogP contribution in [0.1, 0.15) is 34.1 Å². The lowest BCUT2D eigenvalue weighted by Gasteiger charge is -2.24. The molecule has 0 unspecified atom stereocenters. The number of nitrogens with one attached hydrogen (secondary N) is 1. The van der Waals surface area contributed by atoms with E-state index in [1.807, 2.05) is 32.8 Å². The van der Waals surface area contributed by atoms with Crippen molar-refractivity contribution in [1.82, 2.24) is 24.9 Å². The molecule has 0 saturated carbocycles. The number of nitrogens with two attached hydrogens (primary N) is 1. The maximum absolute atomic E-state index is 13.5. The largest absolute Gasteiger partial charge is 0.416 e. The van der Waals surface area contributed by atoms with Crippen LogP contribution < -0.4 is 16.1 Å². The molecule has 214 valence electrons. The summed E-state index contributed by atoms with van der Waals surface area (Å²) < 4.78 is 42.1. The maximum Gasteiger partial charge on any atom is 0.416 e. The second kappa shape index (κ2) is 12.3. The predicted molar refractivity (Wildman–Crippen MR) is 152 cm³/mol. The van der Waals surface area contributed by atoms with Gasteiger partial charge in [0.2, 0.25) is 0 Å². The van der Waals surface area contributed by atoms with E-state index in [1.165, 1.54) is 11.1 Å². The number of likely N-dealkylation sites (N-methyl/N-ethyl adjacent to an activating group) is 2. The predicted octanol–water partition coefficient (Wildman–Crippen LogP) is 4.57. The van der Waals surface area contributed by atoms with E-state index >= 15 is 0 Å². The number of anilines is 2. The molecular formula is C28H35F3N8O. The zero-order valence-electron chi connectivity index (χ0n) is 23.5. The van der Waals surface area contributed by atoms with Crippen LogP contribution in [0.2, 0.25) is 0 Å². The molecule has 0 aliphatic rings. The van der Waals surface area contributed by atoms with Gasteiger partial charge in [-0.3, -0.25) is 4.79 Å². The first-order valence-electron chi connectivity index (χ1n) is 12.5. The average molecular weight is 557 g/mol. The highest BCUT2D eigenvalue weighted by atomic mass is 19.4. The minimum absolute atomic E-state index is 0.0802. The van der Waals surface area contributed by atoms with E-state index < -0.39 is 17.6 Å². The van der Waals surface area contributed by atoms with Crippen LogP contribution in [0.3, 0.4) is 0 Å². The number of hydrogen-bond donors (Lipinski definition) is 2. The number of alkyl halides is 3. The quantitative estimate of drug-likeness (QED) is 0.215. The van der Waals surface area contributed by atoms with E-state index in [9.17, 15) is 18.0 Å². The first-order chi connectivity index (χ1) is 18.7. The summed E-state index contributed by atoms with van der Waals surface area (Å²) in [6, 6.07) is 8.35. The third-order valence-electron chi connectivity index (χ3n) is 6.47. The fraction of sp³-hybridized carbons (Fsp3) is 0.321. The molecule has 0 fully saturated rings. The number of allylic oxidation sites excluding steroid dienone is 3. The zero-order chi connectivity index (χ0) is 29.8. The van der Waals surface area contributed by atoms with Crippen molar-refractivity contribution in [3.8, 4) is 5.69 Å². The number of aryl methyl sites for hydroxylation is 1. The Bertz CT molecular complexity index is 1410. The second-order valence-electron chi connectivity index (χ2n) is 9.77. The highest BCUT2D eigenvalue weighted by molar-refractivity contribution is 6.08. The van der Waals surface area contributed by atoms with E-state index in [-0.39, 0.29) is 5.56 Å². The Morgan fingerprint density at radius 1 is 1.12 bits per heavy atom. The summed E-state index contributed by atoms with van der Waals surface area (Å²) in [5.74, 6) is 5.20. The second-order valence-corrected chi connectivity index (χ2v) is 9.77. The van der Waals surface area contributed by atoms with Crippen molar-refractivity contribution < 1.29 is 18.0 Å². The Kier molecular flexibility index (Phi) is 9.38. The van der Waals surface area contributed by atoms with Gasteiger partial charge in [0.05, 0.1) is 23.0 Å². The summed E-state index contributed by atoms with van der Waals surface area (Å²) >= 11 is 0. The Balaban J connectivity index is 1.97. The summed E-state index contributed by atoms with van der Waals surface area (Å²) in [6.45, 7) is 8.71. The van der Waals surface area contributed by atoms with Gasteiger partial charge in [-0.15, -0.1) is 5.10 Å². The molecule has 0 atom stereocenters. The number of rotatable bonds is 10. The Hall–Kier alpha value is -4.16. The number of benzene rings is 2. The van der Waals surface area contributed by atoms with E-state index in [2.05, 4.69) is 22.2 Å². The van der Waals surface area contributed by atoms with E-state index in [0.717, 1.165) is 23.4 Å². The van der Waals surface area contributed by atoms with Crippen LogP contribution >= 0.6 is 0 Å². The zero-order valence-corrected chi connectivity index (χ0v) is 23.5. The minimum Gasteiger partial charge on any atom is -0.373 e. The average Bonchev–Trinajstić information content (AvgIpc) is 3.37. The lowest BCUT2D eigenvalue weighted by Crippen LogP contribution is -2.30. The molecule has 2 aromatic carbocycles. The van der Waals surface area contributed by atoms with E-state index in [1.54, 1.807) is 54.1 Å². The molecule has 3 N–H and O–H groups in total. The summed E-state index contributed by atoms with van der Waals surface area (Å²) in [5, 5.41) is 12.7. The molecule has 3 aromatic rings. The molecule has 40 heavy (non-hydrogen) atoms. The van der Waals surface area contributed by atoms with Crippen molar-refractivity contribution in [1.29, 1.82) is 0 Å². The number of nitrogens with zero attached hydrogens (tertiary/aromatic N) is 6. The third-order valence-corrected chi connectivity index (χ3v) is 6.47. The van der Waals surface area contributed by atoms with Gasteiger partial charge in [0, 0.05) is 49.8 Å². The smallest absolute Gasteiger partial charge is 0.373 e. The van der Waals surface area contributed by atoms with Gasteiger partial charge in [0.25, 0.3) is 5.91 Å². The SMILES string of the molecule is C=C/C(=C(/C)N(C)N)c1cn(-c2cc(NC(=O)c3cc(C(F)(F)F)ccc3N(C)CCN(C)C)ccc2C)nn1. The molecule has 0 saturated heterocycles. The number of aromatic nitrogens is 3. The topological polar surface area (TPSA) is 95.5 Å². The van der Waals surface area contributed by atoms with Gasteiger partial charge < -0.3 is 20.1 Å². The van der Waals surface area contributed by atoms with E-state index in [0.29, 0.717) is 41.4 Å². The van der Waals surface area contributed by atoms with Crippen LogP contribution in [0.15, 0.2) is 60.9 Å². The molecular weight excluding hydrogens is 521 g/mol. The van der Waals surface area contributed by atoms with Crippen LogP contribution in [-0.2, 0) is 6.18 Å². The number of carbonyl (C=O) groups excluding carboxylic acids is 1. The van der Waals surface area contributed by atoms with Gasteiger partial charge in [-0.25, -0.2) is 10.5 Å². The minimum atomic E-state index is -4.59. The monoisotopic (exact) mass is 556 g/mol. The molecule has 0 aliphatic carbocycles. The summed E-state index contributed by atoms with van der Waals surface area (Å²) in [7, 11) is 7.24. The normalized spacial score (nSPS) is 12.3. The molecule has 0 radical (unpaired) electrons.